The van der Waals surface area contributed by atoms with Crippen LogP contribution in [-0.4, -0.2) is 9.97 Å². The zero-order valence-electron chi connectivity index (χ0n) is 7.81. The third-order valence-electron chi connectivity index (χ3n) is 2.12. The van der Waals surface area contributed by atoms with Crippen LogP contribution in [0.4, 0.5) is 4.39 Å². The van der Waals surface area contributed by atoms with Gasteiger partial charge < -0.3 is 0 Å². The molecule has 1 aromatic carbocycles. The lowest BCUT2D eigenvalue weighted by atomic mass is 10.1. The Morgan fingerprint density at radius 3 is 2.64 bits per heavy atom. The van der Waals surface area contributed by atoms with Crippen molar-refractivity contribution in [2.75, 3.05) is 0 Å². The molecule has 0 amide bonds. The number of nitrogens with zero attached hydrogens (tertiary/aromatic N) is 2. The Labute approximate surface area is 89.3 Å². The third kappa shape index (κ3) is 1.39. The summed E-state index contributed by atoms with van der Waals surface area (Å²) in [5.41, 5.74) is 1.23. The van der Waals surface area contributed by atoms with E-state index in [9.17, 15) is 4.39 Å². The predicted molar refractivity (Wildman–Crippen MR) is 56.7 cm³/mol. The van der Waals surface area contributed by atoms with Crippen LogP contribution in [0.3, 0.4) is 0 Å². The normalized spacial score (nSPS) is 10.9. The number of aryl methyl sites for hydroxylation is 2. The highest BCUT2D eigenvalue weighted by Gasteiger charge is 2.08. The monoisotopic (exact) mass is 254 g/mol. The van der Waals surface area contributed by atoms with Crippen LogP contribution in [-0.2, 0) is 0 Å². The number of aromatic nitrogens is 2. The summed E-state index contributed by atoms with van der Waals surface area (Å²) in [6, 6.07) is 3.11. The van der Waals surface area contributed by atoms with Gasteiger partial charge in [-0.05, 0) is 41.9 Å². The molecule has 0 saturated carbocycles. The minimum atomic E-state index is -0.234. The Hall–Kier alpha value is -1.03. The first-order valence-electron chi connectivity index (χ1n) is 4.18. The number of hydrogen-bond acceptors (Lipinski definition) is 2. The molecule has 0 N–H and O–H groups in total. The fourth-order valence-corrected chi connectivity index (χ4v) is 1.95. The van der Waals surface area contributed by atoms with Crippen molar-refractivity contribution in [1.82, 2.24) is 9.97 Å². The molecule has 4 heteroatoms. The molecule has 0 aliphatic carbocycles. The molecule has 2 nitrogen and oxygen atoms in total. The van der Waals surface area contributed by atoms with Gasteiger partial charge in [-0.2, -0.15) is 0 Å². The molecule has 1 heterocycles. The molecule has 72 valence electrons. The number of benzene rings is 1. The Morgan fingerprint density at radius 1 is 1.21 bits per heavy atom. The van der Waals surface area contributed by atoms with Crippen LogP contribution in [0, 0.1) is 19.7 Å². The summed E-state index contributed by atoms with van der Waals surface area (Å²) in [4.78, 5) is 8.37. The summed E-state index contributed by atoms with van der Waals surface area (Å²) in [5.74, 6) is 0.403. The first kappa shape index (κ1) is 9.52. The molecular weight excluding hydrogens is 247 g/mol. The minimum absolute atomic E-state index is 0.234. The summed E-state index contributed by atoms with van der Waals surface area (Å²) >= 11 is 3.33. The summed E-state index contributed by atoms with van der Waals surface area (Å²) in [6.07, 6.45) is 0. The van der Waals surface area contributed by atoms with Gasteiger partial charge in [-0.25, -0.2) is 14.4 Å². The van der Waals surface area contributed by atoms with Crippen molar-refractivity contribution in [1.29, 1.82) is 0 Å². The molecule has 2 aromatic rings. The second kappa shape index (κ2) is 3.28. The van der Waals surface area contributed by atoms with E-state index >= 15 is 0 Å². The molecule has 0 fully saturated rings. The molecule has 0 atom stereocenters. The molecule has 0 spiro atoms. The van der Waals surface area contributed by atoms with Gasteiger partial charge in [-0.15, -0.1) is 0 Å². The largest absolute Gasteiger partial charge is 0.233 e. The standard InChI is InChI=1S/C10H8BrFN2/c1-5-8(12)4-3-7-9(5)13-6(2)14-10(7)11/h3-4H,1-2H3. The summed E-state index contributed by atoms with van der Waals surface area (Å²) < 4.78 is 13.9. The zero-order valence-corrected chi connectivity index (χ0v) is 9.39. The van der Waals surface area contributed by atoms with Gasteiger partial charge in [-0.3, -0.25) is 0 Å². The lowest BCUT2D eigenvalue weighted by Gasteiger charge is -2.04. The van der Waals surface area contributed by atoms with E-state index in [1.165, 1.54) is 6.07 Å². The molecule has 0 unspecified atom stereocenters. The SMILES string of the molecule is Cc1nc(Br)c2ccc(F)c(C)c2n1. The van der Waals surface area contributed by atoms with Crippen molar-refractivity contribution in [3.8, 4) is 0 Å². The highest BCUT2D eigenvalue weighted by atomic mass is 79.9. The fourth-order valence-electron chi connectivity index (χ4n) is 1.38. The van der Waals surface area contributed by atoms with Crippen molar-refractivity contribution in [2.45, 2.75) is 13.8 Å². The molecule has 14 heavy (non-hydrogen) atoms. The number of rotatable bonds is 0. The zero-order chi connectivity index (χ0) is 10.3. The Kier molecular flexibility index (Phi) is 2.23. The maximum absolute atomic E-state index is 13.2. The van der Waals surface area contributed by atoms with E-state index in [0.29, 0.717) is 21.5 Å². The van der Waals surface area contributed by atoms with Gasteiger partial charge in [0.2, 0.25) is 0 Å². The fraction of sp³-hybridized carbons (Fsp3) is 0.200. The van der Waals surface area contributed by atoms with Gasteiger partial charge in [0.25, 0.3) is 0 Å². The minimum Gasteiger partial charge on any atom is -0.233 e. The van der Waals surface area contributed by atoms with Crippen molar-refractivity contribution >= 4 is 26.8 Å². The van der Waals surface area contributed by atoms with Crippen molar-refractivity contribution in [3.63, 3.8) is 0 Å². The molecule has 0 saturated heterocycles. The maximum Gasteiger partial charge on any atom is 0.128 e. The molecule has 0 aliphatic rings. The van der Waals surface area contributed by atoms with Crippen LogP contribution < -0.4 is 0 Å². The van der Waals surface area contributed by atoms with Gasteiger partial charge in [0.15, 0.2) is 0 Å². The first-order valence-corrected chi connectivity index (χ1v) is 4.98. The van der Waals surface area contributed by atoms with E-state index in [4.69, 9.17) is 0 Å². The molecule has 0 bridgehead atoms. The van der Waals surface area contributed by atoms with E-state index in [-0.39, 0.29) is 5.82 Å². The van der Waals surface area contributed by atoms with Gasteiger partial charge in [0.05, 0.1) is 5.52 Å². The maximum atomic E-state index is 13.2. The van der Waals surface area contributed by atoms with E-state index in [2.05, 4.69) is 25.9 Å². The van der Waals surface area contributed by atoms with Crippen LogP contribution in [0.15, 0.2) is 16.7 Å². The average molecular weight is 255 g/mol. The highest BCUT2D eigenvalue weighted by molar-refractivity contribution is 9.10. The summed E-state index contributed by atoms with van der Waals surface area (Å²) in [5, 5.41) is 0.842. The van der Waals surface area contributed by atoms with Gasteiger partial charge in [0, 0.05) is 10.9 Å². The molecule has 2 rings (SSSR count). The Balaban J connectivity index is 2.95. The number of halogens is 2. The molecule has 0 radical (unpaired) electrons. The lowest BCUT2D eigenvalue weighted by molar-refractivity contribution is 0.620. The highest BCUT2D eigenvalue weighted by Crippen LogP contribution is 2.24. The Morgan fingerprint density at radius 2 is 1.93 bits per heavy atom. The molecule has 1 aromatic heterocycles. The summed E-state index contributed by atoms with van der Waals surface area (Å²) in [6.45, 7) is 3.51. The van der Waals surface area contributed by atoms with Crippen LogP contribution >= 0.6 is 15.9 Å². The average Bonchev–Trinajstić information content (AvgIpc) is 2.12. The quantitative estimate of drug-likeness (QED) is 0.676. The van der Waals surface area contributed by atoms with E-state index < -0.39 is 0 Å². The molecular formula is C10H8BrFN2. The number of fused-ring (bicyclic) bond motifs is 1. The van der Waals surface area contributed by atoms with Crippen molar-refractivity contribution in [3.05, 3.63) is 33.9 Å². The van der Waals surface area contributed by atoms with E-state index in [1.807, 2.05) is 0 Å². The van der Waals surface area contributed by atoms with Crippen LogP contribution in [0.1, 0.15) is 11.4 Å². The van der Waals surface area contributed by atoms with Gasteiger partial charge in [0.1, 0.15) is 16.2 Å². The Bertz CT molecular complexity index is 511. The van der Waals surface area contributed by atoms with Crippen LogP contribution in [0.5, 0.6) is 0 Å². The molecule has 0 aliphatic heterocycles. The van der Waals surface area contributed by atoms with Gasteiger partial charge >= 0.3 is 0 Å². The third-order valence-corrected chi connectivity index (χ3v) is 2.73. The van der Waals surface area contributed by atoms with E-state index in [0.717, 1.165) is 5.39 Å². The van der Waals surface area contributed by atoms with Gasteiger partial charge in [-0.1, -0.05) is 0 Å². The first-order chi connectivity index (χ1) is 6.59. The van der Waals surface area contributed by atoms with Crippen molar-refractivity contribution in [2.24, 2.45) is 0 Å². The van der Waals surface area contributed by atoms with Crippen molar-refractivity contribution < 1.29 is 4.39 Å². The topological polar surface area (TPSA) is 25.8 Å². The predicted octanol–water partition coefficient (Wildman–Crippen LogP) is 3.15. The summed E-state index contributed by atoms with van der Waals surface area (Å²) in [7, 11) is 0. The second-order valence-electron chi connectivity index (χ2n) is 3.13. The lowest BCUT2D eigenvalue weighted by Crippen LogP contribution is -1.94. The number of hydrogen-bond donors (Lipinski definition) is 0. The van der Waals surface area contributed by atoms with Crippen LogP contribution in [0.2, 0.25) is 0 Å². The smallest absolute Gasteiger partial charge is 0.128 e. The van der Waals surface area contributed by atoms with E-state index in [1.54, 1.807) is 19.9 Å². The van der Waals surface area contributed by atoms with Crippen LogP contribution in [0.25, 0.3) is 10.9 Å². The second-order valence-corrected chi connectivity index (χ2v) is 3.88.